The number of rotatable bonds is 2. The number of β-amino-alcohol motifs (C(OH)–C–C–N with tert-alkyl or cyclic N) is 1. The molecule has 1 aliphatic rings. The molecule has 0 bridgehead atoms. The minimum absolute atomic E-state index is 0.149. The first-order chi connectivity index (χ1) is 8.43. The second kappa shape index (κ2) is 4.23. The van der Waals surface area contributed by atoms with E-state index in [1.807, 2.05) is 6.07 Å². The van der Waals surface area contributed by atoms with Crippen molar-refractivity contribution in [2.75, 3.05) is 18.0 Å². The van der Waals surface area contributed by atoms with E-state index in [2.05, 4.69) is 4.98 Å². The van der Waals surface area contributed by atoms with Crippen LogP contribution in [0.4, 0.5) is 11.5 Å². The number of aromatic nitrogens is 1. The van der Waals surface area contributed by atoms with Gasteiger partial charge >= 0.3 is 5.69 Å². The average Bonchev–Trinajstić information content (AvgIpc) is 2.68. The normalized spacial score (nSPS) is 22.8. The maximum absolute atomic E-state index is 11.0. The van der Waals surface area contributed by atoms with Crippen LogP contribution in [0.1, 0.15) is 18.9 Å². The van der Waals surface area contributed by atoms with Crippen molar-refractivity contribution >= 4 is 11.5 Å². The Bertz CT molecular complexity index is 536. The number of nitrogens with zero attached hydrogens (tertiary/aromatic N) is 4. The molecule has 2 heterocycles. The van der Waals surface area contributed by atoms with Crippen molar-refractivity contribution < 1.29 is 10.0 Å². The summed E-state index contributed by atoms with van der Waals surface area (Å²) in [6, 6.07) is 3.03. The lowest BCUT2D eigenvalue weighted by molar-refractivity contribution is -0.384. The maximum atomic E-state index is 11.0. The van der Waals surface area contributed by atoms with Gasteiger partial charge in [-0.2, -0.15) is 5.26 Å². The van der Waals surface area contributed by atoms with Crippen LogP contribution in [0.3, 0.4) is 0 Å². The molecule has 94 valence electrons. The molecule has 0 aromatic carbocycles. The molecule has 1 aliphatic heterocycles. The Hall–Kier alpha value is -2.20. The van der Waals surface area contributed by atoms with Crippen molar-refractivity contribution in [2.24, 2.45) is 0 Å². The van der Waals surface area contributed by atoms with Gasteiger partial charge in [-0.1, -0.05) is 0 Å². The first-order valence-corrected chi connectivity index (χ1v) is 5.45. The van der Waals surface area contributed by atoms with E-state index >= 15 is 0 Å². The molecular weight excluding hydrogens is 236 g/mol. The van der Waals surface area contributed by atoms with Gasteiger partial charge in [0.15, 0.2) is 0 Å². The number of hydrogen-bond donors (Lipinski definition) is 1. The zero-order valence-corrected chi connectivity index (χ0v) is 9.83. The van der Waals surface area contributed by atoms with Crippen LogP contribution in [-0.2, 0) is 0 Å². The number of nitro groups is 1. The second-order valence-electron chi connectivity index (χ2n) is 4.60. The van der Waals surface area contributed by atoms with Gasteiger partial charge in [-0.05, 0) is 13.3 Å². The highest BCUT2D eigenvalue weighted by Gasteiger charge is 2.35. The quantitative estimate of drug-likeness (QED) is 0.614. The summed E-state index contributed by atoms with van der Waals surface area (Å²) in [5.41, 5.74) is -0.910. The van der Waals surface area contributed by atoms with Gasteiger partial charge in [-0.25, -0.2) is 4.98 Å². The van der Waals surface area contributed by atoms with Gasteiger partial charge in [0, 0.05) is 25.4 Å². The molecule has 7 nitrogen and oxygen atoms in total. The minimum Gasteiger partial charge on any atom is -0.388 e. The molecule has 2 rings (SSSR count). The topological polar surface area (TPSA) is 103 Å². The summed E-state index contributed by atoms with van der Waals surface area (Å²) < 4.78 is 0. The van der Waals surface area contributed by atoms with E-state index in [9.17, 15) is 15.2 Å². The Morgan fingerprint density at radius 1 is 1.72 bits per heavy atom. The van der Waals surface area contributed by atoms with Crippen molar-refractivity contribution in [3.8, 4) is 6.07 Å². The third kappa shape index (κ3) is 2.24. The van der Waals surface area contributed by atoms with Crippen molar-refractivity contribution in [2.45, 2.75) is 18.9 Å². The molecular formula is C11H12N4O3. The van der Waals surface area contributed by atoms with Crippen LogP contribution in [0.25, 0.3) is 0 Å². The van der Waals surface area contributed by atoms with Gasteiger partial charge in [0.2, 0.25) is 5.82 Å². The highest BCUT2D eigenvalue weighted by molar-refractivity contribution is 5.60. The minimum atomic E-state index is -0.858. The van der Waals surface area contributed by atoms with Crippen LogP contribution >= 0.6 is 0 Å². The van der Waals surface area contributed by atoms with Gasteiger partial charge in [0.1, 0.15) is 6.07 Å². The highest BCUT2D eigenvalue weighted by atomic mass is 16.6. The SMILES string of the molecule is CC1(O)CCN(c2ncc(C#N)cc2[N+](=O)[O-])C1. The Labute approximate surface area is 103 Å². The van der Waals surface area contributed by atoms with Crippen LogP contribution in [-0.4, -0.2) is 33.7 Å². The van der Waals surface area contributed by atoms with E-state index in [-0.39, 0.29) is 17.1 Å². The van der Waals surface area contributed by atoms with Crippen molar-refractivity contribution in [3.63, 3.8) is 0 Å². The summed E-state index contributed by atoms with van der Waals surface area (Å²) in [7, 11) is 0. The molecule has 1 unspecified atom stereocenters. The largest absolute Gasteiger partial charge is 0.388 e. The van der Waals surface area contributed by atoms with Crippen molar-refractivity contribution in [1.82, 2.24) is 4.98 Å². The lowest BCUT2D eigenvalue weighted by Crippen LogP contribution is -2.30. The molecule has 1 aromatic heterocycles. The average molecular weight is 248 g/mol. The highest BCUT2D eigenvalue weighted by Crippen LogP contribution is 2.31. The summed E-state index contributed by atoms with van der Waals surface area (Å²) in [6.45, 7) is 2.49. The van der Waals surface area contributed by atoms with E-state index in [1.54, 1.807) is 11.8 Å². The molecule has 1 atom stereocenters. The second-order valence-corrected chi connectivity index (χ2v) is 4.60. The summed E-state index contributed by atoms with van der Waals surface area (Å²) in [6.07, 6.45) is 1.83. The fourth-order valence-corrected chi connectivity index (χ4v) is 2.01. The van der Waals surface area contributed by atoms with Gasteiger partial charge < -0.3 is 10.0 Å². The summed E-state index contributed by atoms with van der Waals surface area (Å²) in [5.74, 6) is 0.205. The Kier molecular flexibility index (Phi) is 2.88. The van der Waals surface area contributed by atoms with Gasteiger partial charge in [0.25, 0.3) is 0 Å². The molecule has 1 N–H and O–H groups in total. The predicted molar refractivity (Wildman–Crippen MR) is 63.1 cm³/mol. The maximum Gasteiger partial charge on any atom is 0.312 e. The first-order valence-electron chi connectivity index (χ1n) is 5.45. The van der Waals surface area contributed by atoms with E-state index < -0.39 is 10.5 Å². The summed E-state index contributed by atoms with van der Waals surface area (Å²) in [4.78, 5) is 16.1. The van der Waals surface area contributed by atoms with E-state index in [0.29, 0.717) is 19.5 Å². The molecule has 0 saturated carbocycles. The molecule has 18 heavy (non-hydrogen) atoms. The first kappa shape index (κ1) is 12.3. The fourth-order valence-electron chi connectivity index (χ4n) is 2.01. The van der Waals surface area contributed by atoms with E-state index in [0.717, 1.165) is 0 Å². The zero-order chi connectivity index (χ0) is 13.3. The number of aliphatic hydroxyl groups is 1. The third-order valence-corrected chi connectivity index (χ3v) is 2.92. The van der Waals surface area contributed by atoms with Crippen LogP contribution in [0.2, 0.25) is 0 Å². The van der Waals surface area contributed by atoms with Crippen molar-refractivity contribution in [1.29, 1.82) is 5.26 Å². The van der Waals surface area contributed by atoms with E-state index in [1.165, 1.54) is 12.3 Å². The molecule has 1 fully saturated rings. The van der Waals surface area contributed by atoms with E-state index in [4.69, 9.17) is 5.26 Å². The Morgan fingerprint density at radius 3 is 2.94 bits per heavy atom. The molecule has 0 spiro atoms. The lowest BCUT2D eigenvalue weighted by Gasteiger charge is -2.19. The molecule has 7 heteroatoms. The number of hydrogen-bond acceptors (Lipinski definition) is 6. The van der Waals surface area contributed by atoms with Crippen LogP contribution in [0.5, 0.6) is 0 Å². The monoisotopic (exact) mass is 248 g/mol. The van der Waals surface area contributed by atoms with Crippen molar-refractivity contribution in [3.05, 3.63) is 27.9 Å². The number of pyridine rings is 1. The smallest absolute Gasteiger partial charge is 0.312 e. The number of nitriles is 1. The molecule has 1 aromatic rings. The standard InChI is InChI=1S/C11H12N4O3/c1-11(16)2-3-14(7-11)10-9(15(17)18)4-8(5-12)6-13-10/h4,6,16H,2-3,7H2,1H3. The fraction of sp³-hybridized carbons (Fsp3) is 0.455. The molecule has 0 aliphatic carbocycles. The third-order valence-electron chi connectivity index (χ3n) is 2.92. The van der Waals surface area contributed by atoms with Gasteiger partial charge in [0.05, 0.1) is 16.1 Å². The lowest BCUT2D eigenvalue weighted by atomic mass is 10.1. The molecule has 0 radical (unpaired) electrons. The summed E-state index contributed by atoms with van der Waals surface area (Å²) in [5, 5.41) is 29.6. The van der Waals surface area contributed by atoms with Gasteiger partial charge in [-0.15, -0.1) is 0 Å². The Morgan fingerprint density at radius 2 is 2.44 bits per heavy atom. The predicted octanol–water partition coefficient (Wildman–Crippen LogP) is 0.823. The summed E-state index contributed by atoms with van der Waals surface area (Å²) >= 11 is 0. The van der Waals surface area contributed by atoms with Crippen LogP contribution < -0.4 is 4.90 Å². The van der Waals surface area contributed by atoms with Crippen LogP contribution in [0.15, 0.2) is 12.3 Å². The number of anilines is 1. The Balaban J connectivity index is 2.40. The van der Waals surface area contributed by atoms with Crippen LogP contribution in [0, 0.1) is 21.4 Å². The zero-order valence-electron chi connectivity index (χ0n) is 9.83. The molecule has 1 saturated heterocycles. The molecule has 0 amide bonds. The van der Waals surface area contributed by atoms with Gasteiger partial charge in [-0.3, -0.25) is 10.1 Å².